The molecule has 8 fully saturated rings. The number of carbonyl (C=O) groups excluding carboxylic acids is 1. The zero-order valence-corrected chi connectivity index (χ0v) is 63.9. The van der Waals surface area contributed by atoms with E-state index in [1.165, 1.54) is 4.72 Å². The van der Waals surface area contributed by atoms with E-state index in [0.717, 1.165) is 6.92 Å². The van der Waals surface area contributed by atoms with E-state index in [0.29, 0.717) is 0 Å². The van der Waals surface area contributed by atoms with Crippen LogP contribution in [-0.2, 0) is 178 Å². The second-order valence-corrected chi connectivity index (χ2v) is 32.9. The molecule has 39 atom stereocenters. The van der Waals surface area contributed by atoms with Gasteiger partial charge in [0.1, 0.15) is 152 Å². The van der Waals surface area contributed by atoms with Crippen molar-refractivity contribution in [3.8, 4) is 0 Å². The Balaban J connectivity index is 1.06. The highest BCUT2D eigenvalue weighted by Crippen LogP contribution is 2.41. The number of nitrogens with two attached hydrogens (primary N) is 1. The monoisotopic (exact) mass is 1870 g/mol. The molecule has 0 aromatic rings. The van der Waals surface area contributed by atoms with Gasteiger partial charge >= 0.3 is 86.2 Å². The molecule has 8 aliphatic rings. The quantitative estimate of drug-likeness (QED) is 0.0259. The van der Waals surface area contributed by atoms with E-state index >= 15 is 0 Å². The van der Waals surface area contributed by atoms with Crippen LogP contribution in [0.2, 0.25) is 0 Å². The van der Waals surface area contributed by atoms with E-state index in [9.17, 15) is 189 Å². The molecule has 0 aliphatic carbocycles. The lowest BCUT2D eigenvalue weighted by atomic mass is 9.94. The SMILES string of the molecule is CC(=O)N[C@H]1[C@@H](O[C@H]2[C@H](O)[C@@H](O)[C@H](O[C@H]3[C@H](OS(=O)(=O)O)[C@@H](N)[C@@H](O[C@H]4[C@H](O)[C@@H](OS(=O)(=O)O)[C@H](O[C@H]5[C@H](O)[C@@H](NS(=O)(=O)O)[C@@H](O[C@H]6[C@H](O)[C@@H](OS(=O)(=O)O)[C@H](O[C@H]7[C@H](O)[C@@H](CO)O[C@@H]7CO)O[C@H]6C(=O)O)O[C@@H]5COS(=O)(=O)O)O[C@H]4C(=O)O)O[C@@H]3CO)O[C@@H]2C(=O)O)O[C@H](COS(=O)(=O)O)[C@@H](O[C@@H]2O[C@@H](C(=O)O)[C@@H](O)[C@H](O)[C@H]2O)[C@@H]1O. The average Bonchev–Trinajstić information content (AvgIpc) is 1.12. The van der Waals surface area contributed by atoms with Gasteiger partial charge in [-0.1, -0.05) is 0 Å². The van der Waals surface area contributed by atoms with Crippen molar-refractivity contribution in [2.24, 2.45) is 5.73 Å². The number of hydrogen-bond donors (Lipinski definition) is 26. The minimum Gasteiger partial charge on any atom is -0.479 e. The molecule has 8 rings (SSSR count). The lowest BCUT2D eigenvalue weighted by molar-refractivity contribution is -0.378. The maximum Gasteiger partial charge on any atom is 0.397 e. The molecule has 690 valence electrons. The Bertz CT molecular complexity index is 4230. The first-order valence-corrected chi connectivity index (χ1v) is 41.4. The Morgan fingerprint density at radius 1 is 0.319 bits per heavy atom. The number of amides is 1. The number of aliphatic carboxylic acids is 4. The molecule has 0 unspecified atom stereocenters. The van der Waals surface area contributed by atoms with E-state index < -0.39 is 364 Å². The normalized spacial score (nSPS) is 42.9. The second kappa shape index (κ2) is 39.5. The fourth-order valence-corrected chi connectivity index (χ4v) is 15.9. The largest absolute Gasteiger partial charge is 0.479 e. The number of hydrogen-bond acceptors (Lipinski definition) is 51. The lowest BCUT2D eigenvalue weighted by Crippen LogP contribution is -2.71. The summed E-state index contributed by atoms with van der Waals surface area (Å²) in [5.41, 5.74) is 6.28. The van der Waals surface area contributed by atoms with Crippen LogP contribution in [0.25, 0.3) is 0 Å². The first kappa shape index (κ1) is 99.8. The Kier molecular flexibility index (Phi) is 33.2. The molecule has 0 aromatic carbocycles. The van der Waals surface area contributed by atoms with Crippen LogP contribution in [0.3, 0.4) is 0 Å². The highest BCUT2D eigenvalue weighted by atomic mass is 32.3. The maximum absolute atomic E-state index is 13.3. The number of aliphatic hydroxyl groups is 13. The topological polar surface area (TPSA) is 990 Å². The lowest BCUT2D eigenvalue weighted by Gasteiger charge is -2.50. The van der Waals surface area contributed by atoms with Crippen molar-refractivity contribution in [3.05, 3.63) is 0 Å². The van der Waals surface area contributed by atoms with Crippen molar-refractivity contribution in [1.29, 1.82) is 0 Å². The van der Waals surface area contributed by atoms with Gasteiger partial charge < -0.3 is 169 Å². The van der Waals surface area contributed by atoms with Crippen LogP contribution in [0, 0.1) is 0 Å². The third kappa shape index (κ3) is 25.0. The standard InChI is InChI=1S/C50H79N3O60S6/c1-7(57)52-14-17(59)27(100-47-22(64)19(61)20(62)34(107-47)40(68)69)11(5-94-115(79,80)81)98-45(14)105-31-21(63)23(65)48(108-37(31)41(70)71)103-29-10(4-56)97-44(13(51)30(29)111-117(85,86)87)104-32-24(66)35(112-118(88,89)90)50(109-38(32)42(72)73)102-28-12(6-95-116(82,83)84)99-46(15(18(28)60)53-114(76,77)78)106-33-25(67)36(113-119(91,92)93)49(110-39(33)43(74)75)101-26-9(3-55)96-8(2-54)16(26)58/h8-39,44-50,53-56,58-67H,2-6,51H2,1H3,(H,52,57)(H,68,69)(H,70,71)(H,72,73)(H,74,75)(H,76,77,78)(H,79,80,81)(H,82,83,84)(H,85,86,87)(H,88,89,90)(H,91,92,93)/t8-,9-,10-,11-,12-,13-,14-,15-,16-,17-,18-,19+,20+,21-,22-,23-,24+,25+,26-,27-,28-,29-,30-,31+,32+,33+,34-,35-,36-,37+,38-,39-,44-,45-,46-,47-,48-,49-,50-/m1/s1. The first-order valence-electron chi connectivity index (χ1n) is 33.1. The summed E-state index contributed by atoms with van der Waals surface area (Å²) in [6.07, 6.45) is -96.5. The van der Waals surface area contributed by atoms with Crippen LogP contribution in [0.1, 0.15) is 6.92 Å². The number of ether oxygens (including phenoxy) is 15. The van der Waals surface area contributed by atoms with Crippen LogP contribution in [0.15, 0.2) is 0 Å². The number of aliphatic hydroxyl groups excluding tert-OH is 13. The summed E-state index contributed by atoms with van der Waals surface area (Å²) in [7, 11) is -35.7. The molecule has 0 aromatic heterocycles. The number of rotatable bonds is 36. The number of carboxylic acids is 4. The van der Waals surface area contributed by atoms with Gasteiger partial charge in [0.2, 0.25) is 5.91 Å². The molecule has 1 amide bonds. The van der Waals surface area contributed by atoms with Crippen LogP contribution in [0.5, 0.6) is 0 Å². The van der Waals surface area contributed by atoms with Gasteiger partial charge in [-0.2, -0.15) is 55.2 Å². The van der Waals surface area contributed by atoms with Crippen molar-refractivity contribution in [2.75, 3.05) is 33.0 Å². The third-order valence-electron chi connectivity index (χ3n) is 18.3. The molecule has 63 nitrogen and oxygen atoms in total. The van der Waals surface area contributed by atoms with Crippen molar-refractivity contribution in [1.82, 2.24) is 10.0 Å². The summed E-state index contributed by atoms with van der Waals surface area (Å²) in [4.78, 5) is 63.7. The smallest absolute Gasteiger partial charge is 0.397 e. The van der Waals surface area contributed by atoms with E-state index in [2.05, 4.69) is 20.9 Å². The van der Waals surface area contributed by atoms with E-state index in [4.69, 9.17) is 76.8 Å². The maximum atomic E-state index is 13.3. The van der Waals surface area contributed by atoms with Crippen LogP contribution >= 0.6 is 0 Å². The zero-order chi connectivity index (χ0) is 89.5. The Morgan fingerprint density at radius 2 is 0.647 bits per heavy atom. The summed E-state index contributed by atoms with van der Waals surface area (Å²) in [5.74, 6) is -10.2. The van der Waals surface area contributed by atoms with Gasteiger partial charge in [0.05, 0.1) is 39.1 Å². The molecule has 27 N–H and O–H groups in total. The molecule has 69 heteroatoms. The molecule has 0 saturated carbocycles. The Hall–Kier alpha value is -4.59. The van der Waals surface area contributed by atoms with Crippen molar-refractivity contribution in [3.63, 3.8) is 0 Å². The molecular weight excluding hydrogens is 1790 g/mol. The fourth-order valence-electron chi connectivity index (χ4n) is 13.2. The second-order valence-electron chi connectivity index (χ2n) is 26.4. The number of nitrogens with one attached hydrogen (secondary N) is 2. The summed E-state index contributed by atoms with van der Waals surface area (Å²) >= 11 is 0. The fraction of sp³-hybridized carbons (Fsp3) is 0.900. The molecule has 8 heterocycles. The van der Waals surface area contributed by atoms with E-state index in [1.54, 1.807) is 0 Å². The molecular formula is C50H79N3O60S6. The van der Waals surface area contributed by atoms with Gasteiger partial charge in [0.15, 0.2) is 80.7 Å². The number of carbonyl (C=O) groups is 5. The van der Waals surface area contributed by atoms with Gasteiger partial charge in [-0.3, -0.25) is 32.1 Å². The van der Waals surface area contributed by atoms with E-state index in [1.807, 2.05) is 5.32 Å². The van der Waals surface area contributed by atoms with E-state index in [-0.39, 0.29) is 0 Å². The predicted octanol–water partition coefficient (Wildman–Crippen LogP) is -18.8. The summed E-state index contributed by atoms with van der Waals surface area (Å²) in [6, 6.07) is -7.92. The zero-order valence-electron chi connectivity index (χ0n) is 59.0. The molecule has 119 heavy (non-hydrogen) atoms. The van der Waals surface area contributed by atoms with Gasteiger partial charge in [-0.25, -0.2) is 40.1 Å². The molecule has 8 aliphatic heterocycles. The van der Waals surface area contributed by atoms with Crippen LogP contribution in [-0.4, -0.2) is 467 Å². The van der Waals surface area contributed by atoms with Gasteiger partial charge in [-0.15, -0.1) is 0 Å². The average molecular weight is 1870 g/mol. The minimum atomic E-state index is -6.24. The summed E-state index contributed by atoms with van der Waals surface area (Å²) in [5, 5.41) is 186. The first-order chi connectivity index (χ1) is 54.8. The molecule has 8 saturated heterocycles. The predicted molar refractivity (Wildman–Crippen MR) is 344 cm³/mol. The third-order valence-corrected chi connectivity index (χ3v) is 21.1. The van der Waals surface area contributed by atoms with Gasteiger partial charge in [0, 0.05) is 6.92 Å². The highest BCUT2D eigenvalue weighted by molar-refractivity contribution is 7.83. The van der Waals surface area contributed by atoms with Crippen molar-refractivity contribution >= 4 is 92.1 Å². The van der Waals surface area contributed by atoms with Gasteiger partial charge in [-0.05, 0) is 0 Å². The molecule has 0 bridgehead atoms. The highest BCUT2D eigenvalue weighted by Gasteiger charge is 2.64. The van der Waals surface area contributed by atoms with Gasteiger partial charge in [0.25, 0.3) is 0 Å². The Morgan fingerprint density at radius 3 is 1.04 bits per heavy atom. The van der Waals surface area contributed by atoms with Crippen molar-refractivity contribution in [2.45, 2.75) is 246 Å². The number of carboxylic acid groups (broad SMARTS) is 4. The summed E-state index contributed by atoms with van der Waals surface area (Å²) in [6.45, 7) is -6.47. The van der Waals surface area contributed by atoms with Crippen LogP contribution in [0.4, 0.5) is 0 Å². The summed E-state index contributed by atoms with van der Waals surface area (Å²) < 4.78 is 312. The van der Waals surface area contributed by atoms with Crippen LogP contribution < -0.4 is 15.8 Å². The molecule has 0 spiro atoms. The Labute approximate surface area is 665 Å². The minimum absolute atomic E-state index is 0.745. The van der Waals surface area contributed by atoms with Crippen molar-refractivity contribution < 1.29 is 281 Å². The molecule has 0 radical (unpaired) electrons.